The molecular weight excluding hydrogens is 356 g/mol. The molecule has 1 amide bonds. The Bertz CT molecular complexity index is 919. The minimum absolute atomic E-state index is 0.0543. The van der Waals surface area contributed by atoms with Crippen LogP contribution in [0, 0.1) is 6.92 Å². The van der Waals surface area contributed by atoms with Crippen molar-refractivity contribution >= 4 is 23.0 Å². The molecule has 0 saturated heterocycles. The van der Waals surface area contributed by atoms with Crippen LogP contribution in [0.4, 0.5) is 0 Å². The van der Waals surface area contributed by atoms with Crippen LogP contribution in [0.2, 0.25) is 0 Å². The lowest BCUT2D eigenvalue weighted by molar-refractivity contribution is -0.121. The van der Waals surface area contributed by atoms with E-state index >= 15 is 0 Å². The Morgan fingerprint density at radius 2 is 1.74 bits per heavy atom. The van der Waals surface area contributed by atoms with Crippen LogP contribution in [0.25, 0.3) is 10.6 Å². The zero-order valence-corrected chi connectivity index (χ0v) is 16.1. The van der Waals surface area contributed by atoms with Crippen LogP contribution in [0.5, 0.6) is 0 Å². The highest BCUT2D eigenvalue weighted by Crippen LogP contribution is 2.26. The summed E-state index contributed by atoms with van der Waals surface area (Å²) in [5.41, 5.74) is 3.86. The minimum Gasteiger partial charge on any atom is -0.350 e. The smallest absolute Gasteiger partial charge is 0.220 e. The second-order valence-corrected chi connectivity index (χ2v) is 7.24. The summed E-state index contributed by atoms with van der Waals surface area (Å²) in [5.74, 6) is 0.0204. The monoisotopic (exact) mass is 378 g/mol. The summed E-state index contributed by atoms with van der Waals surface area (Å²) in [7, 11) is 0. The van der Waals surface area contributed by atoms with Crippen LogP contribution >= 0.6 is 11.3 Å². The summed E-state index contributed by atoms with van der Waals surface area (Å²) in [6.07, 6.45) is 1.27. The van der Waals surface area contributed by atoms with Gasteiger partial charge in [-0.1, -0.05) is 54.6 Å². The van der Waals surface area contributed by atoms with Gasteiger partial charge in [0.2, 0.25) is 5.91 Å². The van der Waals surface area contributed by atoms with E-state index in [0.29, 0.717) is 31.4 Å². The first-order valence-corrected chi connectivity index (χ1v) is 9.87. The molecule has 0 fully saturated rings. The van der Waals surface area contributed by atoms with Crippen LogP contribution in [0.15, 0.2) is 60.0 Å². The second-order valence-electron chi connectivity index (χ2n) is 6.38. The van der Waals surface area contributed by atoms with E-state index in [-0.39, 0.29) is 11.7 Å². The lowest BCUT2D eigenvalue weighted by Crippen LogP contribution is -2.22. The van der Waals surface area contributed by atoms with Crippen molar-refractivity contribution in [3.8, 4) is 10.6 Å². The molecule has 0 unspecified atom stereocenters. The molecule has 3 rings (SSSR count). The summed E-state index contributed by atoms with van der Waals surface area (Å²) in [6.45, 7) is 2.47. The van der Waals surface area contributed by atoms with Gasteiger partial charge in [0.05, 0.1) is 12.2 Å². The molecule has 1 aromatic heterocycles. The quantitative estimate of drug-likeness (QED) is 0.574. The molecule has 1 N–H and O–H groups in total. The van der Waals surface area contributed by atoms with Crippen LogP contribution in [0.3, 0.4) is 0 Å². The first-order valence-electron chi connectivity index (χ1n) is 8.99. The maximum Gasteiger partial charge on any atom is 0.220 e. The van der Waals surface area contributed by atoms with Gasteiger partial charge >= 0.3 is 0 Å². The Labute approximate surface area is 163 Å². The number of benzene rings is 2. The molecule has 27 heavy (non-hydrogen) atoms. The zero-order valence-electron chi connectivity index (χ0n) is 15.3. The van der Waals surface area contributed by atoms with Gasteiger partial charge in [-0.2, -0.15) is 0 Å². The number of thiazole rings is 1. The highest BCUT2D eigenvalue weighted by atomic mass is 32.1. The maximum absolute atomic E-state index is 12.0. The Hall–Kier alpha value is -2.79. The molecule has 0 spiro atoms. The predicted octanol–water partition coefficient (Wildman–Crippen LogP) is 4.79. The topological polar surface area (TPSA) is 59.1 Å². The molecule has 0 bridgehead atoms. The number of nitrogens with zero attached hydrogens (tertiary/aromatic N) is 1. The number of amides is 1. The minimum atomic E-state index is -0.0543. The van der Waals surface area contributed by atoms with Gasteiger partial charge in [-0.25, -0.2) is 4.98 Å². The van der Waals surface area contributed by atoms with Crippen molar-refractivity contribution in [1.82, 2.24) is 10.3 Å². The van der Waals surface area contributed by atoms with Gasteiger partial charge in [-0.05, 0) is 18.9 Å². The van der Waals surface area contributed by atoms with E-state index in [1.54, 1.807) is 23.5 Å². The molecule has 0 aliphatic carbocycles. The molecule has 5 heteroatoms. The molecule has 3 aromatic rings. The SMILES string of the molecule is Cc1ccccc1-c1nc(CNC(=O)CCCC(=O)c2ccccc2)cs1. The zero-order chi connectivity index (χ0) is 19.1. The Balaban J connectivity index is 1.43. The molecule has 0 aliphatic heterocycles. The van der Waals surface area contributed by atoms with Crippen molar-refractivity contribution in [1.29, 1.82) is 0 Å². The number of hydrogen-bond acceptors (Lipinski definition) is 4. The van der Waals surface area contributed by atoms with Crippen molar-refractivity contribution in [2.24, 2.45) is 0 Å². The van der Waals surface area contributed by atoms with Crippen LogP contribution in [-0.2, 0) is 11.3 Å². The van der Waals surface area contributed by atoms with E-state index in [2.05, 4.69) is 29.4 Å². The fourth-order valence-electron chi connectivity index (χ4n) is 2.78. The molecule has 0 radical (unpaired) electrons. The normalized spacial score (nSPS) is 10.6. The summed E-state index contributed by atoms with van der Waals surface area (Å²) < 4.78 is 0. The van der Waals surface area contributed by atoms with E-state index in [0.717, 1.165) is 16.3 Å². The largest absolute Gasteiger partial charge is 0.350 e. The fraction of sp³-hybridized carbons (Fsp3) is 0.227. The average Bonchev–Trinajstić information content (AvgIpc) is 3.16. The highest BCUT2D eigenvalue weighted by Gasteiger charge is 2.10. The third-order valence-electron chi connectivity index (χ3n) is 4.30. The van der Waals surface area contributed by atoms with E-state index in [1.807, 2.05) is 35.7 Å². The van der Waals surface area contributed by atoms with E-state index in [9.17, 15) is 9.59 Å². The number of Topliss-reactive ketones (excluding diaryl/α,β-unsaturated/α-hetero) is 1. The molecule has 0 aliphatic rings. The number of hydrogen-bond donors (Lipinski definition) is 1. The van der Waals surface area contributed by atoms with Gasteiger partial charge < -0.3 is 5.32 Å². The van der Waals surface area contributed by atoms with Crippen molar-refractivity contribution in [2.45, 2.75) is 32.7 Å². The summed E-state index contributed by atoms with van der Waals surface area (Å²) >= 11 is 1.58. The number of aromatic nitrogens is 1. The summed E-state index contributed by atoms with van der Waals surface area (Å²) in [4.78, 5) is 28.7. The van der Waals surface area contributed by atoms with Crippen molar-refractivity contribution < 1.29 is 9.59 Å². The van der Waals surface area contributed by atoms with E-state index < -0.39 is 0 Å². The number of carbonyl (C=O) groups is 2. The predicted molar refractivity (Wildman–Crippen MR) is 109 cm³/mol. The van der Waals surface area contributed by atoms with Crippen LogP contribution < -0.4 is 5.32 Å². The third kappa shape index (κ3) is 5.34. The first-order chi connectivity index (χ1) is 13.1. The summed E-state index contributed by atoms with van der Waals surface area (Å²) in [6, 6.07) is 17.3. The van der Waals surface area contributed by atoms with E-state index in [1.165, 1.54) is 5.56 Å². The van der Waals surface area contributed by atoms with Gasteiger partial charge in [-0.15, -0.1) is 11.3 Å². The van der Waals surface area contributed by atoms with Crippen LogP contribution in [-0.4, -0.2) is 16.7 Å². The highest BCUT2D eigenvalue weighted by molar-refractivity contribution is 7.13. The van der Waals surface area contributed by atoms with Gasteiger partial charge in [0.1, 0.15) is 5.01 Å². The van der Waals surface area contributed by atoms with Gasteiger partial charge in [0.15, 0.2) is 5.78 Å². The van der Waals surface area contributed by atoms with E-state index in [4.69, 9.17) is 0 Å². The Morgan fingerprint density at radius 1 is 1.00 bits per heavy atom. The van der Waals surface area contributed by atoms with Crippen LogP contribution in [0.1, 0.15) is 40.9 Å². The first kappa shape index (κ1) is 19.0. The van der Waals surface area contributed by atoms with Crippen molar-refractivity contribution in [3.63, 3.8) is 0 Å². The van der Waals surface area contributed by atoms with Crippen molar-refractivity contribution in [2.75, 3.05) is 0 Å². The Morgan fingerprint density at radius 3 is 2.52 bits per heavy atom. The summed E-state index contributed by atoms with van der Waals surface area (Å²) in [5, 5.41) is 5.82. The van der Waals surface area contributed by atoms with Gasteiger partial charge in [-0.3, -0.25) is 9.59 Å². The molecule has 4 nitrogen and oxygen atoms in total. The Kier molecular flexibility index (Phi) is 6.49. The number of nitrogens with one attached hydrogen (secondary N) is 1. The third-order valence-corrected chi connectivity index (χ3v) is 5.22. The fourth-order valence-corrected chi connectivity index (χ4v) is 3.69. The maximum atomic E-state index is 12.0. The average molecular weight is 378 g/mol. The lowest BCUT2D eigenvalue weighted by Gasteiger charge is -2.04. The van der Waals surface area contributed by atoms with Gasteiger partial charge in [0, 0.05) is 29.3 Å². The molecule has 138 valence electrons. The standard InChI is InChI=1S/C22H22N2O2S/c1-16-8-5-6-11-19(16)22-24-18(15-27-22)14-23-21(26)13-7-12-20(25)17-9-3-2-4-10-17/h2-6,8-11,15H,7,12-14H2,1H3,(H,23,26). The number of carbonyl (C=O) groups excluding carboxylic acids is 2. The molecule has 0 atom stereocenters. The van der Waals surface area contributed by atoms with Gasteiger partial charge in [0.25, 0.3) is 0 Å². The number of rotatable bonds is 8. The molecule has 1 heterocycles. The number of ketones is 1. The van der Waals surface area contributed by atoms with Crippen molar-refractivity contribution in [3.05, 3.63) is 76.8 Å². The molecule has 0 saturated carbocycles. The number of aryl methyl sites for hydroxylation is 1. The molecule has 2 aromatic carbocycles. The molecular formula is C22H22N2O2S. The lowest BCUT2D eigenvalue weighted by atomic mass is 10.1. The second kappa shape index (κ2) is 9.24.